The number of hydrogen-bond acceptors (Lipinski definition) is 6. The number of nitrogens with two attached hydrogens (primary N) is 1. The van der Waals surface area contributed by atoms with Gasteiger partial charge < -0.3 is 16.0 Å². The van der Waals surface area contributed by atoms with E-state index in [2.05, 4.69) is 10.3 Å². The molecule has 2 rings (SSSR count). The molecule has 0 saturated carbocycles. The molecule has 8 nitrogen and oxygen atoms in total. The molecule has 1 atom stereocenters. The molecule has 108 valence electrons. The van der Waals surface area contributed by atoms with E-state index in [1.807, 2.05) is 0 Å². The fourth-order valence-corrected chi connectivity index (χ4v) is 2.42. The van der Waals surface area contributed by atoms with Crippen molar-refractivity contribution in [3.05, 3.63) is 22.2 Å². The second-order valence-corrected chi connectivity index (χ2v) is 4.74. The topological polar surface area (TPSA) is 114 Å². The molecule has 1 aromatic rings. The summed E-state index contributed by atoms with van der Waals surface area (Å²) in [7, 11) is 1.59. The first-order valence-corrected chi connectivity index (χ1v) is 6.40. The number of nitrogens with one attached hydrogen (secondary N) is 1. The van der Waals surface area contributed by atoms with Gasteiger partial charge in [0.25, 0.3) is 0 Å². The van der Waals surface area contributed by atoms with Gasteiger partial charge in [-0.2, -0.15) is 0 Å². The number of piperidine rings is 1. The Morgan fingerprint density at radius 3 is 3.00 bits per heavy atom. The summed E-state index contributed by atoms with van der Waals surface area (Å²) >= 11 is 0. The van der Waals surface area contributed by atoms with E-state index in [9.17, 15) is 14.9 Å². The molecule has 0 aliphatic carbocycles. The summed E-state index contributed by atoms with van der Waals surface area (Å²) in [6.45, 7) is 1.04. The van der Waals surface area contributed by atoms with Crippen LogP contribution in [-0.2, 0) is 4.79 Å². The summed E-state index contributed by atoms with van der Waals surface area (Å²) in [5.41, 5.74) is 5.53. The highest BCUT2D eigenvalue weighted by atomic mass is 16.6. The van der Waals surface area contributed by atoms with E-state index in [0.717, 1.165) is 12.8 Å². The Morgan fingerprint density at radius 1 is 1.60 bits per heavy atom. The number of carbonyl (C=O) groups is 1. The first-order chi connectivity index (χ1) is 9.52. The molecule has 8 heteroatoms. The van der Waals surface area contributed by atoms with Crippen molar-refractivity contribution < 1.29 is 9.72 Å². The molecule has 1 amide bonds. The van der Waals surface area contributed by atoms with Crippen LogP contribution in [0.2, 0.25) is 0 Å². The Kier molecular flexibility index (Phi) is 4.02. The van der Waals surface area contributed by atoms with Gasteiger partial charge in [0.2, 0.25) is 11.7 Å². The van der Waals surface area contributed by atoms with Crippen LogP contribution < -0.4 is 16.0 Å². The average molecular weight is 279 g/mol. The maximum Gasteiger partial charge on any atom is 0.311 e. The lowest BCUT2D eigenvalue weighted by Crippen LogP contribution is -2.42. The molecule has 1 saturated heterocycles. The molecule has 1 aliphatic rings. The van der Waals surface area contributed by atoms with Crippen LogP contribution in [0.3, 0.4) is 0 Å². The Labute approximate surface area is 116 Å². The van der Waals surface area contributed by atoms with Crippen molar-refractivity contribution in [2.24, 2.45) is 5.92 Å². The van der Waals surface area contributed by atoms with Crippen molar-refractivity contribution in [1.29, 1.82) is 0 Å². The number of pyridine rings is 1. The largest absolute Gasteiger partial charge is 0.384 e. The van der Waals surface area contributed by atoms with Gasteiger partial charge in [0.1, 0.15) is 5.82 Å². The first-order valence-electron chi connectivity index (χ1n) is 6.40. The number of nitrogen functional groups attached to an aromatic ring is 1. The standard InChI is InChI=1S/C12H17N5O3/c1-14-12(18)8-3-2-6-16(7-8)11-9(17(19)20)4-5-10(13)15-11/h4-5,8H,2-3,6-7H2,1H3,(H2,13,15)(H,14,18). The molecule has 1 aromatic heterocycles. The zero-order chi connectivity index (χ0) is 14.7. The number of rotatable bonds is 3. The van der Waals surface area contributed by atoms with Gasteiger partial charge in [-0.1, -0.05) is 0 Å². The SMILES string of the molecule is CNC(=O)C1CCCN(c2nc(N)ccc2[N+](=O)[O-])C1. The number of anilines is 2. The third-order valence-corrected chi connectivity index (χ3v) is 3.41. The van der Waals surface area contributed by atoms with Crippen molar-refractivity contribution in [1.82, 2.24) is 10.3 Å². The molecular formula is C12H17N5O3. The van der Waals surface area contributed by atoms with Gasteiger partial charge in [0, 0.05) is 26.2 Å². The molecule has 1 aliphatic heterocycles. The lowest BCUT2D eigenvalue weighted by Gasteiger charge is -2.32. The molecule has 0 radical (unpaired) electrons. The zero-order valence-electron chi connectivity index (χ0n) is 11.2. The molecule has 2 heterocycles. The summed E-state index contributed by atoms with van der Waals surface area (Å²) < 4.78 is 0. The number of carbonyl (C=O) groups excluding carboxylic acids is 1. The highest BCUT2D eigenvalue weighted by Crippen LogP contribution is 2.30. The molecule has 0 bridgehead atoms. The van der Waals surface area contributed by atoms with Crippen molar-refractivity contribution in [2.75, 3.05) is 30.8 Å². The van der Waals surface area contributed by atoms with Crippen molar-refractivity contribution in [3.63, 3.8) is 0 Å². The number of amides is 1. The fraction of sp³-hybridized carbons (Fsp3) is 0.500. The Balaban J connectivity index is 2.28. The summed E-state index contributed by atoms with van der Waals surface area (Å²) in [6.07, 6.45) is 1.55. The second-order valence-electron chi connectivity index (χ2n) is 4.74. The lowest BCUT2D eigenvalue weighted by molar-refractivity contribution is -0.384. The van der Waals surface area contributed by atoms with Crippen LogP contribution in [0.1, 0.15) is 12.8 Å². The normalized spacial score (nSPS) is 18.6. The van der Waals surface area contributed by atoms with Crippen LogP contribution in [0.15, 0.2) is 12.1 Å². The molecule has 3 N–H and O–H groups in total. The van der Waals surface area contributed by atoms with E-state index in [1.54, 1.807) is 11.9 Å². The minimum absolute atomic E-state index is 0.0544. The summed E-state index contributed by atoms with van der Waals surface area (Å²) in [6, 6.07) is 2.75. The third kappa shape index (κ3) is 2.79. The van der Waals surface area contributed by atoms with Crippen LogP contribution in [-0.4, -0.2) is 36.0 Å². The average Bonchev–Trinajstić information content (AvgIpc) is 2.46. The van der Waals surface area contributed by atoms with Crippen LogP contribution in [0.4, 0.5) is 17.3 Å². The van der Waals surface area contributed by atoms with Crippen molar-refractivity contribution in [2.45, 2.75) is 12.8 Å². The maximum atomic E-state index is 11.7. The van der Waals surface area contributed by atoms with Gasteiger partial charge in [-0.3, -0.25) is 14.9 Å². The molecule has 20 heavy (non-hydrogen) atoms. The Bertz CT molecular complexity index is 534. The molecular weight excluding hydrogens is 262 g/mol. The maximum absolute atomic E-state index is 11.7. The number of nitro groups is 1. The number of nitrogens with zero attached hydrogens (tertiary/aromatic N) is 3. The van der Waals surface area contributed by atoms with Gasteiger partial charge in [-0.15, -0.1) is 0 Å². The van der Waals surface area contributed by atoms with Gasteiger partial charge in [0.15, 0.2) is 0 Å². The van der Waals surface area contributed by atoms with Gasteiger partial charge in [-0.05, 0) is 18.9 Å². The van der Waals surface area contributed by atoms with Crippen LogP contribution in [0.5, 0.6) is 0 Å². The predicted molar refractivity (Wildman–Crippen MR) is 74.3 cm³/mol. The van der Waals surface area contributed by atoms with Crippen molar-refractivity contribution >= 4 is 23.2 Å². The summed E-state index contributed by atoms with van der Waals surface area (Å²) in [5.74, 6) is 0.231. The zero-order valence-corrected chi connectivity index (χ0v) is 11.2. The highest BCUT2D eigenvalue weighted by molar-refractivity contribution is 5.79. The summed E-state index contributed by atoms with van der Waals surface area (Å²) in [4.78, 5) is 28.1. The number of aromatic nitrogens is 1. The minimum atomic E-state index is -0.481. The smallest absolute Gasteiger partial charge is 0.311 e. The fourth-order valence-electron chi connectivity index (χ4n) is 2.42. The minimum Gasteiger partial charge on any atom is -0.384 e. The van der Waals surface area contributed by atoms with Crippen molar-refractivity contribution in [3.8, 4) is 0 Å². The van der Waals surface area contributed by atoms with E-state index >= 15 is 0 Å². The monoisotopic (exact) mass is 279 g/mol. The van der Waals surface area contributed by atoms with E-state index < -0.39 is 4.92 Å². The number of hydrogen-bond donors (Lipinski definition) is 2. The van der Waals surface area contributed by atoms with Gasteiger partial charge >= 0.3 is 5.69 Å². The first kappa shape index (κ1) is 14.0. The lowest BCUT2D eigenvalue weighted by atomic mass is 9.97. The Morgan fingerprint density at radius 2 is 2.35 bits per heavy atom. The van der Waals surface area contributed by atoms with Crippen LogP contribution >= 0.6 is 0 Å². The quantitative estimate of drug-likeness (QED) is 0.616. The Hall–Kier alpha value is -2.38. The highest BCUT2D eigenvalue weighted by Gasteiger charge is 2.29. The predicted octanol–water partition coefficient (Wildman–Crippen LogP) is 0.534. The second kappa shape index (κ2) is 5.72. The third-order valence-electron chi connectivity index (χ3n) is 3.41. The van der Waals surface area contributed by atoms with Crippen LogP contribution in [0, 0.1) is 16.0 Å². The van der Waals surface area contributed by atoms with E-state index in [-0.39, 0.29) is 29.1 Å². The van der Waals surface area contributed by atoms with Crippen LogP contribution in [0.25, 0.3) is 0 Å². The molecule has 1 fully saturated rings. The van der Waals surface area contributed by atoms with Gasteiger partial charge in [-0.25, -0.2) is 4.98 Å². The van der Waals surface area contributed by atoms with E-state index in [0.29, 0.717) is 13.1 Å². The van der Waals surface area contributed by atoms with Gasteiger partial charge in [0.05, 0.1) is 10.8 Å². The molecule has 0 aromatic carbocycles. The summed E-state index contributed by atoms with van der Waals surface area (Å²) in [5, 5.41) is 13.7. The molecule has 0 spiro atoms. The van der Waals surface area contributed by atoms with E-state index in [1.165, 1.54) is 12.1 Å². The molecule has 1 unspecified atom stereocenters. The van der Waals surface area contributed by atoms with E-state index in [4.69, 9.17) is 5.73 Å².